The highest BCUT2D eigenvalue weighted by Crippen LogP contribution is 2.17. The summed E-state index contributed by atoms with van der Waals surface area (Å²) in [5.41, 5.74) is 0. The largest absolute Gasteiger partial charge is 0.354 e. The quantitative estimate of drug-likeness (QED) is 0.525. The highest BCUT2D eigenvalue weighted by atomic mass is 16.2. The van der Waals surface area contributed by atoms with E-state index in [0.717, 1.165) is 44.7 Å². The number of hydrogen-bond donors (Lipinski definition) is 3. The van der Waals surface area contributed by atoms with Crippen LogP contribution in [0, 0.1) is 0 Å². The smallest absolute Gasteiger partial charge is 0.239 e. The summed E-state index contributed by atoms with van der Waals surface area (Å²) in [7, 11) is 1.76. The minimum atomic E-state index is 0.0690. The molecule has 1 aliphatic carbocycles. The molecule has 1 amide bonds. The molecule has 3 N–H and O–H groups in total. The van der Waals surface area contributed by atoms with E-state index >= 15 is 0 Å². The molecule has 0 radical (unpaired) electrons. The van der Waals surface area contributed by atoms with E-state index in [-0.39, 0.29) is 5.91 Å². The minimum Gasteiger partial charge on any atom is -0.354 e. The van der Waals surface area contributed by atoms with Gasteiger partial charge in [0.15, 0.2) is 5.96 Å². The van der Waals surface area contributed by atoms with Gasteiger partial charge < -0.3 is 20.9 Å². The van der Waals surface area contributed by atoms with Crippen molar-refractivity contribution in [3.63, 3.8) is 0 Å². The number of nitrogens with one attached hydrogen (secondary N) is 3. The molecule has 1 saturated carbocycles. The van der Waals surface area contributed by atoms with Gasteiger partial charge >= 0.3 is 0 Å². The lowest BCUT2D eigenvalue weighted by molar-refractivity contribution is -0.120. The molecule has 1 aliphatic heterocycles. The van der Waals surface area contributed by atoms with Crippen LogP contribution in [-0.2, 0) is 4.79 Å². The van der Waals surface area contributed by atoms with E-state index in [0.29, 0.717) is 24.7 Å². The monoisotopic (exact) mass is 337 g/mol. The van der Waals surface area contributed by atoms with Crippen LogP contribution in [0.25, 0.3) is 0 Å². The van der Waals surface area contributed by atoms with Gasteiger partial charge in [-0.1, -0.05) is 19.3 Å². The minimum absolute atomic E-state index is 0.0690. The summed E-state index contributed by atoms with van der Waals surface area (Å²) in [5.74, 6) is 0.802. The van der Waals surface area contributed by atoms with Crippen LogP contribution in [0.4, 0.5) is 0 Å². The normalized spacial score (nSPS) is 21.8. The number of hydrogen-bond acceptors (Lipinski definition) is 3. The number of carbonyl (C=O) groups is 1. The Morgan fingerprint density at radius 1 is 1.04 bits per heavy atom. The first-order valence-corrected chi connectivity index (χ1v) is 9.59. The maximum absolute atomic E-state index is 12.1. The first-order valence-electron chi connectivity index (χ1n) is 9.59. The van der Waals surface area contributed by atoms with Crippen LogP contribution in [0.15, 0.2) is 4.99 Å². The van der Waals surface area contributed by atoms with Crippen molar-refractivity contribution in [3.05, 3.63) is 0 Å². The Kier molecular flexibility index (Phi) is 7.82. The van der Waals surface area contributed by atoms with Crippen molar-refractivity contribution in [3.8, 4) is 0 Å². The number of rotatable bonds is 5. The molecule has 0 aromatic heterocycles. The summed E-state index contributed by atoms with van der Waals surface area (Å²) in [6.45, 7) is 7.03. The molecule has 0 spiro atoms. The third kappa shape index (κ3) is 6.30. The van der Waals surface area contributed by atoms with Crippen LogP contribution < -0.4 is 16.0 Å². The molecule has 6 nitrogen and oxygen atoms in total. The van der Waals surface area contributed by atoms with Crippen molar-refractivity contribution in [2.75, 3.05) is 26.7 Å². The number of nitrogens with zero attached hydrogens (tertiary/aromatic N) is 2. The number of amides is 1. The maximum Gasteiger partial charge on any atom is 0.239 e. The molecule has 1 saturated heterocycles. The van der Waals surface area contributed by atoms with E-state index in [4.69, 9.17) is 0 Å². The van der Waals surface area contributed by atoms with E-state index in [2.05, 4.69) is 39.7 Å². The fourth-order valence-electron chi connectivity index (χ4n) is 3.64. The first-order chi connectivity index (χ1) is 11.6. The summed E-state index contributed by atoms with van der Waals surface area (Å²) >= 11 is 0. The van der Waals surface area contributed by atoms with Gasteiger partial charge in [-0.2, -0.15) is 0 Å². The molecular weight excluding hydrogens is 302 g/mol. The first kappa shape index (κ1) is 19.0. The lowest BCUT2D eigenvalue weighted by atomic mass is 9.95. The van der Waals surface area contributed by atoms with Crippen LogP contribution in [0.2, 0.25) is 0 Å². The Balaban J connectivity index is 1.66. The summed E-state index contributed by atoms with van der Waals surface area (Å²) in [4.78, 5) is 18.8. The number of likely N-dealkylation sites (tertiary alicyclic amines) is 1. The topological polar surface area (TPSA) is 68.8 Å². The highest BCUT2D eigenvalue weighted by molar-refractivity contribution is 5.86. The summed E-state index contributed by atoms with van der Waals surface area (Å²) in [5, 5.41) is 9.74. The maximum atomic E-state index is 12.1. The van der Waals surface area contributed by atoms with E-state index in [1.165, 1.54) is 19.3 Å². The van der Waals surface area contributed by atoms with Gasteiger partial charge in [-0.05, 0) is 39.5 Å². The second kappa shape index (κ2) is 9.87. The number of guanidine groups is 1. The van der Waals surface area contributed by atoms with Gasteiger partial charge in [-0.3, -0.25) is 9.79 Å². The van der Waals surface area contributed by atoms with Gasteiger partial charge in [0.1, 0.15) is 0 Å². The fraction of sp³-hybridized carbons (Fsp3) is 0.889. The van der Waals surface area contributed by atoms with Crippen LogP contribution >= 0.6 is 0 Å². The van der Waals surface area contributed by atoms with Crippen molar-refractivity contribution >= 4 is 11.9 Å². The van der Waals surface area contributed by atoms with E-state index < -0.39 is 0 Å². The van der Waals surface area contributed by atoms with Crippen LogP contribution in [0.3, 0.4) is 0 Å². The molecule has 138 valence electrons. The Bertz CT molecular complexity index is 410. The van der Waals surface area contributed by atoms with Gasteiger partial charge in [0, 0.05) is 38.3 Å². The van der Waals surface area contributed by atoms with Crippen LogP contribution in [0.5, 0.6) is 0 Å². The van der Waals surface area contributed by atoms with E-state index in [1.807, 2.05) is 0 Å². The zero-order valence-corrected chi connectivity index (χ0v) is 15.6. The average Bonchev–Trinajstić information content (AvgIpc) is 2.60. The standard InChI is InChI=1S/C18H35N5O/c1-14(2)23-11-9-16(10-12-23)22-18(19-3)20-13-17(24)21-15-7-5-4-6-8-15/h14-16H,4-13H2,1-3H3,(H,21,24)(H2,19,20,22). The van der Waals surface area contributed by atoms with Crippen LogP contribution in [0.1, 0.15) is 58.8 Å². The molecule has 0 atom stereocenters. The van der Waals surface area contributed by atoms with Gasteiger partial charge in [0.2, 0.25) is 5.91 Å². The zero-order chi connectivity index (χ0) is 17.4. The highest BCUT2D eigenvalue weighted by Gasteiger charge is 2.21. The summed E-state index contributed by atoms with van der Waals surface area (Å²) in [6.07, 6.45) is 8.24. The Morgan fingerprint density at radius 2 is 1.67 bits per heavy atom. The molecular formula is C18H35N5O. The molecule has 2 rings (SSSR count). The molecule has 0 unspecified atom stereocenters. The summed E-state index contributed by atoms with van der Waals surface area (Å²) < 4.78 is 0. The third-order valence-corrected chi connectivity index (χ3v) is 5.21. The molecule has 0 aromatic carbocycles. The summed E-state index contributed by atoms with van der Waals surface area (Å²) in [6, 6.07) is 1.42. The van der Waals surface area contributed by atoms with Gasteiger partial charge in [-0.25, -0.2) is 0 Å². The van der Waals surface area contributed by atoms with Crippen molar-refractivity contribution < 1.29 is 4.79 Å². The molecule has 6 heteroatoms. The van der Waals surface area contributed by atoms with Crippen molar-refractivity contribution in [2.24, 2.45) is 4.99 Å². The fourth-order valence-corrected chi connectivity index (χ4v) is 3.64. The third-order valence-electron chi connectivity index (χ3n) is 5.21. The molecule has 2 aliphatic rings. The van der Waals surface area contributed by atoms with Crippen molar-refractivity contribution in [1.29, 1.82) is 0 Å². The van der Waals surface area contributed by atoms with E-state index in [1.54, 1.807) is 7.05 Å². The lowest BCUT2D eigenvalue weighted by Gasteiger charge is -2.35. The van der Waals surface area contributed by atoms with Crippen molar-refractivity contribution in [2.45, 2.75) is 76.9 Å². The second-order valence-corrected chi connectivity index (χ2v) is 7.38. The van der Waals surface area contributed by atoms with Gasteiger partial charge in [0.25, 0.3) is 0 Å². The van der Waals surface area contributed by atoms with E-state index in [9.17, 15) is 4.79 Å². The van der Waals surface area contributed by atoms with Crippen molar-refractivity contribution in [1.82, 2.24) is 20.9 Å². The molecule has 2 fully saturated rings. The number of carbonyl (C=O) groups excluding carboxylic acids is 1. The second-order valence-electron chi connectivity index (χ2n) is 7.38. The Hall–Kier alpha value is -1.30. The van der Waals surface area contributed by atoms with Gasteiger partial charge in [-0.15, -0.1) is 0 Å². The number of aliphatic imine (C=N–C) groups is 1. The molecule has 0 aromatic rings. The van der Waals surface area contributed by atoms with Crippen LogP contribution in [-0.4, -0.2) is 61.6 Å². The average molecular weight is 338 g/mol. The molecule has 0 bridgehead atoms. The predicted molar refractivity (Wildman–Crippen MR) is 99.2 cm³/mol. The Labute approximate surface area is 146 Å². The zero-order valence-electron chi connectivity index (χ0n) is 15.6. The molecule has 1 heterocycles. The predicted octanol–water partition coefficient (Wildman–Crippen LogP) is 1.47. The Morgan fingerprint density at radius 3 is 2.25 bits per heavy atom. The number of piperidine rings is 1. The SMILES string of the molecule is CN=C(NCC(=O)NC1CCCCC1)NC1CCN(C(C)C)CC1. The lowest BCUT2D eigenvalue weighted by Crippen LogP contribution is -2.51. The van der Waals surface area contributed by atoms with Gasteiger partial charge in [0.05, 0.1) is 6.54 Å². The molecule has 24 heavy (non-hydrogen) atoms.